The Kier molecular flexibility index (Phi) is 6.69. The largest absolute Gasteiger partial charge is 0.493 e. The third-order valence-corrected chi connectivity index (χ3v) is 4.46. The lowest BCUT2D eigenvalue weighted by Gasteiger charge is -2.15. The van der Waals surface area contributed by atoms with Crippen molar-refractivity contribution in [1.82, 2.24) is 15.1 Å². The number of halogens is 1. The number of rotatable bonds is 8. The zero-order valence-corrected chi connectivity index (χ0v) is 16.3. The summed E-state index contributed by atoms with van der Waals surface area (Å²) in [7, 11) is 4.53. The first-order valence-electron chi connectivity index (χ1n) is 7.78. The lowest BCUT2D eigenvalue weighted by molar-refractivity contribution is 0.0948. The number of hydrogen-bond acceptors (Lipinski definition) is 5. The van der Waals surface area contributed by atoms with Crippen LogP contribution in [0.2, 0.25) is 0 Å². The second-order valence-corrected chi connectivity index (χ2v) is 6.17. The van der Waals surface area contributed by atoms with Crippen molar-refractivity contribution in [2.75, 3.05) is 27.9 Å². The monoisotopic (exact) mass is 411 g/mol. The van der Waals surface area contributed by atoms with Gasteiger partial charge in [-0.05, 0) is 41.4 Å². The minimum absolute atomic E-state index is 0.226. The molecule has 8 heteroatoms. The lowest BCUT2D eigenvalue weighted by Crippen LogP contribution is -2.26. The first-order valence-corrected chi connectivity index (χ1v) is 8.57. The summed E-state index contributed by atoms with van der Waals surface area (Å²) in [5, 5.41) is 7.25. The van der Waals surface area contributed by atoms with Gasteiger partial charge in [-0.25, -0.2) is 0 Å². The highest BCUT2D eigenvalue weighted by Gasteiger charge is 2.20. The van der Waals surface area contributed by atoms with Crippen molar-refractivity contribution in [3.63, 3.8) is 0 Å². The van der Waals surface area contributed by atoms with Crippen molar-refractivity contribution in [2.45, 2.75) is 19.9 Å². The number of aromatic nitrogens is 2. The van der Waals surface area contributed by atoms with Crippen molar-refractivity contribution < 1.29 is 19.0 Å². The van der Waals surface area contributed by atoms with E-state index in [0.717, 1.165) is 23.1 Å². The maximum absolute atomic E-state index is 12.4. The highest BCUT2D eigenvalue weighted by Crippen LogP contribution is 2.39. The maximum Gasteiger partial charge on any atom is 0.255 e. The third-order valence-electron chi connectivity index (χ3n) is 3.68. The average Bonchev–Trinajstić information content (AvgIpc) is 2.94. The van der Waals surface area contributed by atoms with Gasteiger partial charge in [0.1, 0.15) is 0 Å². The van der Waals surface area contributed by atoms with Crippen LogP contribution in [0.25, 0.3) is 0 Å². The number of carbonyl (C=O) groups is 1. The molecular formula is C17H22BrN3O4. The third kappa shape index (κ3) is 4.45. The summed E-state index contributed by atoms with van der Waals surface area (Å²) in [4.78, 5) is 12.4. The molecule has 0 aliphatic rings. The van der Waals surface area contributed by atoms with E-state index in [1.807, 2.05) is 17.8 Å². The molecule has 1 aromatic heterocycles. The van der Waals surface area contributed by atoms with E-state index in [0.29, 0.717) is 29.4 Å². The molecule has 0 spiro atoms. The van der Waals surface area contributed by atoms with Gasteiger partial charge >= 0.3 is 0 Å². The predicted molar refractivity (Wildman–Crippen MR) is 97.7 cm³/mol. The van der Waals surface area contributed by atoms with Crippen LogP contribution in [0.5, 0.6) is 17.2 Å². The van der Waals surface area contributed by atoms with Crippen LogP contribution in [-0.4, -0.2) is 43.6 Å². The van der Waals surface area contributed by atoms with Crippen LogP contribution in [0, 0.1) is 6.92 Å². The number of nitrogens with one attached hydrogen (secondary N) is 1. The fourth-order valence-corrected chi connectivity index (χ4v) is 2.74. The molecule has 0 saturated heterocycles. The van der Waals surface area contributed by atoms with Crippen molar-refractivity contribution in [3.8, 4) is 17.2 Å². The van der Waals surface area contributed by atoms with Crippen LogP contribution in [0.1, 0.15) is 22.5 Å². The van der Waals surface area contributed by atoms with E-state index in [9.17, 15) is 4.79 Å². The van der Waals surface area contributed by atoms with Gasteiger partial charge in [0.25, 0.3) is 5.91 Å². The van der Waals surface area contributed by atoms with E-state index in [-0.39, 0.29) is 5.91 Å². The Labute approximate surface area is 155 Å². The molecule has 136 valence electrons. The minimum Gasteiger partial charge on any atom is -0.493 e. The average molecular weight is 412 g/mol. The summed E-state index contributed by atoms with van der Waals surface area (Å²) in [6, 6.07) is 3.34. The van der Waals surface area contributed by atoms with Crippen LogP contribution in [0.3, 0.4) is 0 Å². The van der Waals surface area contributed by atoms with Crippen molar-refractivity contribution in [3.05, 3.63) is 34.1 Å². The Balaban J connectivity index is 1.98. The molecule has 0 bridgehead atoms. The summed E-state index contributed by atoms with van der Waals surface area (Å²) in [6.45, 7) is 3.17. The van der Waals surface area contributed by atoms with Crippen LogP contribution in [0.15, 0.2) is 22.8 Å². The number of hydrogen-bond donors (Lipinski definition) is 1. The molecule has 1 N–H and O–H groups in total. The van der Waals surface area contributed by atoms with E-state index >= 15 is 0 Å². The molecule has 1 aromatic carbocycles. The lowest BCUT2D eigenvalue weighted by atomic mass is 10.1. The molecular weight excluding hydrogens is 390 g/mol. The normalized spacial score (nSPS) is 10.4. The predicted octanol–water partition coefficient (Wildman–Crippen LogP) is 2.80. The summed E-state index contributed by atoms with van der Waals surface area (Å²) in [6.07, 6.45) is 2.68. The van der Waals surface area contributed by atoms with Gasteiger partial charge in [0, 0.05) is 19.3 Å². The summed E-state index contributed by atoms with van der Waals surface area (Å²) in [5.41, 5.74) is 1.34. The second kappa shape index (κ2) is 8.75. The number of nitrogens with zero attached hydrogens (tertiary/aromatic N) is 2. The molecule has 1 amide bonds. The molecule has 0 fully saturated rings. The highest BCUT2D eigenvalue weighted by molar-refractivity contribution is 9.10. The van der Waals surface area contributed by atoms with Gasteiger partial charge in [-0.3, -0.25) is 9.48 Å². The van der Waals surface area contributed by atoms with Gasteiger partial charge in [-0.15, -0.1) is 0 Å². The van der Waals surface area contributed by atoms with Gasteiger partial charge in [0.2, 0.25) is 5.75 Å². The van der Waals surface area contributed by atoms with Crippen LogP contribution in [-0.2, 0) is 6.54 Å². The quantitative estimate of drug-likeness (QED) is 0.675. The SMILES string of the molecule is COc1ccc(C(=O)NCCCn2cc(Br)c(C)n2)c(OC)c1OC. The zero-order chi connectivity index (χ0) is 18.4. The fraction of sp³-hybridized carbons (Fsp3) is 0.412. The van der Waals surface area contributed by atoms with E-state index in [1.165, 1.54) is 21.3 Å². The summed E-state index contributed by atoms with van der Waals surface area (Å²) in [5.74, 6) is 1.03. The van der Waals surface area contributed by atoms with Crippen LogP contribution >= 0.6 is 15.9 Å². The second-order valence-electron chi connectivity index (χ2n) is 5.32. The molecule has 0 radical (unpaired) electrons. The number of amides is 1. The van der Waals surface area contributed by atoms with Gasteiger partial charge in [0.05, 0.1) is 37.1 Å². The van der Waals surface area contributed by atoms with Gasteiger partial charge in [-0.1, -0.05) is 0 Å². The summed E-state index contributed by atoms with van der Waals surface area (Å²) < 4.78 is 18.7. The molecule has 25 heavy (non-hydrogen) atoms. The molecule has 0 aliphatic carbocycles. The van der Waals surface area contributed by atoms with Gasteiger partial charge in [-0.2, -0.15) is 5.10 Å². The van der Waals surface area contributed by atoms with Crippen molar-refractivity contribution in [2.24, 2.45) is 0 Å². The molecule has 2 rings (SSSR count). The number of benzene rings is 1. The van der Waals surface area contributed by atoms with E-state index in [4.69, 9.17) is 14.2 Å². The maximum atomic E-state index is 12.4. The topological polar surface area (TPSA) is 74.6 Å². The van der Waals surface area contributed by atoms with E-state index in [2.05, 4.69) is 26.3 Å². The molecule has 2 aromatic rings. The van der Waals surface area contributed by atoms with E-state index < -0.39 is 0 Å². The zero-order valence-electron chi connectivity index (χ0n) is 14.8. The molecule has 0 atom stereocenters. The Bertz CT molecular complexity index is 726. The van der Waals surface area contributed by atoms with Gasteiger partial charge in [0.15, 0.2) is 11.5 Å². The van der Waals surface area contributed by atoms with Crippen LogP contribution < -0.4 is 19.5 Å². The standard InChI is InChI=1S/C17H22BrN3O4/c1-11-13(18)10-21(20-11)9-5-8-19-17(22)12-6-7-14(23-2)16(25-4)15(12)24-3/h6-7,10H,5,8-9H2,1-4H3,(H,19,22). The Morgan fingerprint density at radius 3 is 2.48 bits per heavy atom. The van der Waals surface area contributed by atoms with Crippen LogP contribution in [0.4, 0.5) is 0 Å². The molecule has 0 unspecified atom stereocenters. The molecule has 0 saturated carbocycles. The minimum atomic E-state index is -0.226. The molecule has 0 aliphatic heterocycles. The first-order chi connectivity index (χ1) is 12.0. The smallest absolute Gasteiger partial charge is 0.255 e. The fourth-order valence-electron chi connectivity index (χ4n) is 2.43. The molecule has 7 nitrogen and oxygen atoms in total. The van der Waals surface area contributed by atoms with Gasteiger partial charge < -0.3 is 19.5 Å². The number of methoxy groups -OCH3 is 3. The number of ether oxygens (including phenoxy) is 3. The Hall–Kier alpha value is -2.22. The van der Waals surface area contributed by atoms with Crippen molar-refractivity contribution >= 4 is 21.8 Å². The molecule has 1 heterocycles. The highest BCUT2D eigenvalue weighted by atomic mass is 79.9. The Morgan fingerprint density at radius 1 is 1.20 bits per heavy atom. The van der Waals surface area contributed by atoms with Crippen molar-refractivity contribution in [1.29, 1.82) is 0 Å². The first kappa shape index (κ1) is 19.1. The summed E-state index contributed by atoms with van der Waals surface area (Å²) >= 11 is 3.43. The number of carbonyl (C=O) groups excluding carboxylic acids is 1. The number of aryl methyl sites for hydroxylation is 2. The Morgan fingerprint density at radius 2 is 1.92 bits per heavy atom. The van der Waals surface area contributed by atoms with E-state index in [1.54, 1.807) is 12.1 Å².